The van der Waals surface area contributed by atoms with Gasteiger partial charge in [-0.05, 0) is 50.2 Å². The van der Waals surface area contributed by atoms with Crippen LogP contribution in [0.4, 0.5) is 11.4 Å². The van der Waals surface area contributed by atoms with Crippen molar-refractivity contribution >= 4 is 34.3 Å². The molecular formula is C24H20N4O5. The van der Waals surface area contributed by atoms with Gasteiger partial charge < -0.3 is 10.1 Å². The standard InChI is InChI=1S/C24H20N4O5/c1-15-19(9-6-10-21(15)28(31)32)26-23(29)14-33-24(30)17-11-12-22-20(13-17)25-16(2)27(22)18-7-4-3-5-8-18/h3-13H,14H2,1-2H3,(H,26,29). The Morgan fingerprint density at radius 3 is 2.55 bits per heavy atom. The molecule has 0 aliphatic carbocycles. The second-order valence-electron chi connectivity index (χ2n) is 7.36. The zero-order valence-electron chi connectivity index (χ0n) is 17.9. The van der Waals surface area contributed by atoms with Gasteiger partial charge in [-0.3, -0.25) is 19.5 Å². The van der Waals surface area contributed by atoms with E-state index >= 15 is 0 Å². The molecule has 1 aromatic heterocycles. The van der Waals surface area contributed by atoms with Crippen LogP contribution < -0.4 is 5.32 Å². The molecule has 0 aliphatic rings. The van der Waals surface area contributed by atoms with Gasteiger partial charge in [0.15, 0.2) is 6.61 Å². The summed E-state index contributed by atoms with van der Waals surface area (Å²) in [5.41, 5.74) is 3.19. The third kappa shape index (κ3) is 4.42. The molecule has 0 atom stereocenters. The van der Waals surface area contributed by atoms with Crippen LogP contribution in [0.15, 0.2) is 66.7 Å². The molecule has 0 saturated carbocycles. The molecule has 166 valence electrons. The lowest BCUT2D eigenvalue weighted by atomic mass is 10.1. The number of nitro benzene ring substituents is 1. The highest BCUT2D eigenvalue weighted by atomic mass is 16.6. The van der Waals surface area contributed by atoms with Crippen LogP contribution in [0.5, 0.6) is 0 Å². The summed E-state index contributed by atoms with van der Waals surface area (Å²) in [6, 6.07) is 19.1. The van der Waals surface area contributed by atoms with Crippen LogP contribution in [-0.4, -0.2) is 33.0 Å². The van der Waals surface area contributed by atoms with Crippen LogP contribution in [0.3, 0.4) is 0 Å². The van der Waals surface area contributed by atoms with E-state index in [1.807, 2.05) is 41.8 Å². The van der Waals surface area contributed by atoms with E-state index in [9.17, 15) is 19.7 Å². The molecule has 1 amide bonds. The molecule has 1 N–H and O–H groups in total. The molecule has 0 saturated heterocycles. The second kappa shape index (κ2) is 8.91. The quantitative estimate of drug-likeness (QED) is 0.269. The molecule has 1 heterocycles. The smallest absolute Gasteiger partial charge is 0.338 e. The Bertz CT molecular complexity index is 1380. The predicted octanol–water partition coefficient (Wildman–Crippen LogP) is 4.35. The van der Waals surface area contributed by atoms with Crippen LogP contribution in [-0.2, 0) is 9.53 Å². The van der Waals surface area contributed by atoms with Crippen molar-refractivity contribution in [1.82, 2.24) is 9.55 Å². The van der Waals surface area contributed by atoms with E-state index < -0.39 is 23.4 Å². The number of benzene rings is 3. The molecule has 4 aromatic rings. The Hall–Kier alpha value is -4.53. The maximum absolute atomic E-state index is 12.5. The number of nitro groups is 1. The first-order valence-electron chi connectivity index (χ1n) is 10.1. The maximum atomic E-state index is 12.5. The number of aromatic nitrogens is 2. The van der Waals surface area contributed by atoms with Crippen LogP contribution in [0.2, 0.25) is 0 Å². The molecule has 0 fully saturated rings. The number of esters is 1. The zero-order valence-corrected chi connectivity index (χ0v) is 17.9. The molecule has 33 heavy (non-hydrogen) atoms. The Kier molecular flexibility index (Phi) is 5.86. The molecule has 9 nitrogen and oxygen atoms in total. The van der Waals surface area contributed by atoms with Crippen LogP contribution >= 0.6 is 0 Å². The first-order chi connectivity index (χ1) is 15.8. The van der Waals surface area contributed by atoms with E-state index in [1.54, 1.807) is 24.3 Å². The number of fused-ring (bicyclic) bond motifs is 1. The van der Waals surface area contributed by atoms with E-state index in [2.05, 4.69) is 10.3 Å². The highest BCUT2D eigenvalue weighted by molar-refractivity contribution is 5.97. The number of para-hydroxylation sites is 1. The van der Waals surface area contributed by atoms with Gasteiger partial charge in [-0.25, -0.2) is 9.78 Å². The number of carbonyl (C=O) groups excluding carboxylic acids is 2. The fourth-order valence-electron chi connectivity index (χ4n) is 3.59. The van der Waals surface area contributed by atoms with E-state index in [1.165, 1.54) is 19.1 Å². The average molecular weight is 444 g/mol. The van der Waals surface area contributed by atoms with E-state index in [0.29, 0.717) is 11.1 Å². The van der Waals surface area contributed by atoms with Gasteiger partial charge in [-0.2, -0.15) is 0 Å². The molecule has 4 rings (SSSR count). The monoisotopic (exact) mass is 444 g/mol. The number of carbonyl (C=O) groups is 2. The number of aryl methyl sites for hydroxylation is 1. The molecular weight excluding hydrogens is 424 g/mol. The second-order valence-corrected chi connectivity index (χ2v) is 7.36. The number of anilines is 1. The summed E-state index contributed by atoms with van der Waals surface area (Å²) < 4.78 is 7.12. The number of nitrogens with zero attached hydrogens (tertiary/aromatic N) is 3. The minimum atomic E-state index is -0.672. The van der Waals surface area contributed by atoms with Gasteiger partial charge in [0.2, 0.25) is 0 Å². The van der Waals surface area contributed by atoms with Crippen LogP contribution in [0.25, 0.3) is 16.7 Å². The fraction of sp³-hybridized carbons (Fsp3) is 0.125. The summed E-state index contributed by atoms with van der Waals surface area (Å²) in [5, 5.41) is 13.6. The van der Waals surface area contributed by atoms with Gasteiger partial charge in [0, 0.05) is 11.8 Å². The van der Waals surface area contributed by atoms with Gasteiger partial charge in [-0.1, -0.05) is 24.3 Å². The third-order valence-corrected chi connectivity index (χ3v) is 5.18. The lowest BCUT2D eigenvalue weighted by Crippen LogP contribution is -2.21. The summed E-state index contributed by atoms with van der Waals surface area (Å²) >= 11 is 0. The highest BCUT2D eigenvalue weighted by Gasteiger charge is 2.17. The molecule has 0 spiro atoms. The van der Waals surface area contributed by atoms with Crippen molar-refractivity contribution in [2.45, 2.75) is 13.8 Å². The Morgan fingerprint density at radius 2 is 1.82 bits per heavy atom. The minimum Gasteiger partial charge on any atom is -0.452 e. The van der Waals surface area contributed by atoms with Crippen molar-refractivity contribution in [3.8, 4) is 5.69 Å². The molecule has 0 unspecified atom stereocenters. The predicted molar refractivity (Wildman–Crippen MR) is 123 cm³/mol. The molecule has 0 radical (unpaired) electrons. The van der Waals surface area contributed by atoms with E-state index in [-0.39, 0.29) is 16.9 Å². The van der Waals surface area contributed by atoms with Gasteiger partial charge in [-0.15, -0.1) is 0 Å². The van der Waals surface area contributed by atoms with Crippen molar-refractivity contribution in [3.63, 3.8) is 0 Å². The number of nitrogens with one attached hydrogen (secondary N) is 1. The summed E-state index contributed by atoms with van der Waals surface area (Å²) in [4.78, 5) is 39.8. The van der Waals surface area contributed by atoms with Gasteiger partial charge in [0.1, 0.15) is 5.82 Å². The Morgan fingerprint density at radius 1 is 1.06 bits per heavy atom. The van der Waals surface area contributed by atoms with Gasteiger partial charge >= 0.3 is 5.97 Å². The van der Waals surface area contributed by atoms with Crippen LogP contribution in [0, 0.1) is 24.0 Å². The van der Waals surface area contributed by atoms with Crippen molar-refractivity contribution < 1.29 is 19.2 Å². The summed E-state index contributed by atoms with van der Waals surface area (Å²) in [5.74, 6) is -0.500. The van der Waals surface area contributed by atoms with E-state index in [4.69, 9.17) is 4.74 Å². The summed E-state index contributed by atoms with van der Waals surface area (Å²) in [7, 11) is 0. The Labute approximate surface area is 188 Å². The van der Waals surface area contributed by atoms with Crippen molar-refractivity contribution in [3.05, 3.63) is 93.8 Å². The number of hydrogen-bond donors (Lipinski definition) is 1. The average Bonchev–Trinajstić information content (AvgIpc) is 3.14. The third-order valence-electron chi connectivity index (χ3n) is 5.18. The number of amides is 1. The molecule has 0 aliphatic heterocycles. The van der Waals surface area contributed by atoms with Crippen molar-refractivity contribution in [1.29, 1.82) is 0 Å². The molecule has 9 heteroatoms. The first-order valence-corrected chi connectivity index (χ1v) is 10.1. The molecule has 3 aromatic carbocycles. The van der Waals surface area contributed by atoms with Crippen LogP contribution in [0.1, 0.15) is 21.7 Å². The summed E-state index contributed by atoms with van der Waals surface area (Å²) in [6.45, 7) is 2.88. The zero-order chi connectivity index (χ0) is 23.5. The lowest BCUT2D eigenvalue weighted by Gasteiger charge is -2.09. The van der Waals surface area contributed by atoms with E-state index in [0.717, 1.165) is 17.0 Å². The fourth-order valence-corrected chi connectivity index (χ4v) is 3.59. The van der Waals surface area contributed by atoms with Gasteiger partial charge in [0.25, 0.3) is 11.6 Å². The topological polar surface area (TPSA) is 116 Å². The number of ether oxygens (including phenoxy) is 1. The van der Waals surface area contributed by atoms with Crippen molar-refractivity contribution in [2.24, 2.45) is 0 Å². The first kappa shape index (κ1) is 21.7. The van der Waals surface area contributed by atoms with Crippen molar-refractivity contribution in [2.75, 3.05) is 11.9 Å². The highest BCUT2D eigenvalue weighted by Crippen LogP contribution is 2.25. The summed E-state index contributed by atoms with van der Waals surface area (Å²) in [6.07, 6.45) is 0. The molecule has 0 bridgehead atoms. The largest absolute Gasteiger partial charge is 0.452 e. The lowest BCUT2D eigenvalue weighted by molar-refractivity contribution is -0.385. The Balaban J connectivity index is 1.46. The number of imidazole rings is 1. The maximum Gasteiger partial charge on any atom is 0.338 e. The van der Waals surface area contributed by atoms with Gasteiger partial charge in [0.05, 0.1) is 32.8 Å². The normalized spacial score (nSPS) is 10.7. The SMILES string of the molecule is Cc1c(NC(=O)COC(=O)c2ccc3c(c2)nc(C)n3-c2ccccc2)cccc1[N+](=O)[O-]. The minimum absolute atomic E-state index is 0.108. The number of hydrogen-bond acceptors (Lipinski definition) is 6. The number of rotatable bonds is 6.